The molecule has 1 fully saturated rings. The molecule has 0 aliphatic carbocycles. The van der Waals surface area contributed by atoms with Crippen LogP contribution in [-0.2, 0) is 22.1 Å². The number of amides is 1. The van der Waals surface area contributed by atoms with Gasteiger partial charge in [0.1, 0.15) is 5.75 Å². The number of alkyl halides is 3. The molecule has 33 heavy (non-hydrogen) atoms. The molecule has 2 aromatic carbocycles. The second-order valence-electron chi connectivity index (χ2n) is 8.31. The van der Waals surface area contributed by atoms with E-state index < -0.39 is 17.7 Å². The number of piperazine rings is 1. The molecule has 6 nitrogen and oxygen atoms in total. The number of carbonyl (C=O) groups is 1. The molecule has 1 saturated heterocycles. The zero-order valence-corrected chi connectivity index (χ0v) is 18.7. The molecule has 2 aliphatic rings. The lowest BCUT2D eigenvalue weighted by Crippen LogP contribution is -2.61. The summed E-state index contributed by atoms with van der Waals surface area (Å²) in [6.07, 6.45) is -4.18. The fourth-order valence-electron chi connectivity index (χ4n) is 4.82. The molecule has 178 valence electrons. The second kappa shape index (κ2) is 9.51. The SMILES string of the molecule is COCCNC(=O)[C@@H]1Cc2cc(C(F)(F)F)ccc2N2CCN(c3ccccc3OC)C[C@H]12. The van der Waals surface area contributed by atoms with E-state index in [4.69, 9.17) is 9.47 Å². The molecule has 0 bridgehead atoms. The number of para-hydroxylation sites is 2. The molecule has 2 heterocycles. The van der Waals surface area contributed by atoms with E-state index in [0.29, 0.717) is 38.3 Å². The zero-order valence-electron chi connectivity index (χ0n) is 18.7. The predicted molar refractivity (Wildman–Crippen MR) is 120 cm³/mol. The highest BCUT2D eigenvalue weighted by Gasteiger charge is 2.43. The van der Waals surface area contributed by atoms with Crippen LogP contribution < -0.4 is 19.9 Å². The average molecular weight is 464 g/mol. The molecule has 9 heteroatoms. The predicted octanol–water partition coefficient (Wildman–Crippen LogP) is 3.34. The lowest BCUT2D eigenvalue weighted by atomic mass is 9.82. The summed E-state index contributed by atoms with van der Waals surface area (Å²) in [4.78, 5) is 17.4. The van der Waals surface area contributed by atoms with Gasteiger partial charge in [-0.3, -0.25) is 4.79 Å². The number of halogens is 3. The Hall–Kier alpha value is -2.94. The van der Waals surface area contributed by atoms with Crippen molar-refractivity contribution in [3.63, 3.8) is 0 Å². The summed E-state index contributed by atoms with van der Waals surface area (Å²) < 4.78 is 50.6. The Morgan fingerprint density at radius 1 is 1.12 bits per heavy atom. The van der Waals surface area contributed by atoms with E-state index in [9.17, 15) is 18.0 Å². The van der Waals surface area contributed by atoms with E-state index in [-0.39, 0.29) is 18.4 Å². The Kier molecular flexibility index (Phi) is 6.69. The van der Waals surface area contributed by atoms with E-state index in [0.717, 1.165) is 23.2 Å². The van der Waals surface area contributed by atoms with Crippen molar-refractivity contribution in [2.45, 2.75) is 18.6 Å². The van der Waals surface area contributed by atoms with Gasteiger partial charge in [-0.2, -0.15) is 13.2 Å². The maximum absolute atomic E-state index is 13.3. The molecule has 0 unspecified atom stereocenters. The van der Waals surface area contributed by atoms with Crippen molar-refractivity contribution in [2.24, 2.45) is 5.92 Å². The van der Waals surface area contributed by atoms with Gasteiger partial charge in [-0.15, -0.1) is 0 Å². The molecule has 1 N–H and O–H groups in total. The molecular weight excluding hydrogens is 435 g/mol. The number of methoxy groups -OCH3 is 2. The Balaban J connectivity index is 1.66. The number of nitrogens with one attached hydrogen (secondary N) is 1. The minimum Gasteiger partial charge on any atom is -0.495 e. The van der Waals surface area contributed by atoms with Gasteiger partial charge >= 0.3 is 6.18 Å². The lowest BCUT2D eigenvalue weighted by Gasteiger charge is -2.49. The molecular formula is C24H28F3N3O3. The van der Waals surface area contributed by atoms with Crippen LogP contribution in [0.2, 0.25) is 0 Å². The number of carbonyl (C=O) groups excluding carboxylic acids is 1. The smallest absolute Gasteiger partial charge is 0.416 e. The van der Waals surface area contributed by atoms with Gasteiger partial charge in [0.15, 0.2) is 0 Å². The highest BCUT2D eigenvalue weighted by Crippen LogP contribution is 2.41. The van der Waals surface area contributed by atoms with E-state index in [1.54, 1.807) is 20.3 Å². The van der Waals surface area contributed by atoms with Crippen LogP contribution in [0.25, 0.3) is 0 Å². The molecule has 0 radical (unpaired) electrons. The van der Waals surface area contributed by atoms with Gasteiger partial charge in [0.25, 0.3) is 0 Å². The van der Waals surface area contributed by atoms with Crippen LogP contribution >= 0.6 is 0 Å². The Morgan fingerprint density at radius 3 is 2.64 bits per heavy atom. The normalized spacial score (nSPS) is 20.2. The molecule has 0 spiro atoms. The minimum atomic E-state index is -4.43. The Morgan fingerprint density at radius 2 is 1.91 bits per heavy atom. The average Bonchev–Trinajstić information content (AvgIpc) is 2.82. The molecule has 2 aromatic rings. The van der Waals surface area contributed by atoms with Crippen LogP contribution in [-0.4, -0.2) is 59.0 Å². The first-order chi connectivity index (χ1) is 15.8. The highest BCUT2D eigenvalue weighted by molar-refractivity contribution is 5.82. The third-order valence-corrected chi connectivity index (χ3v) is 6.41. The zero-order chi connectivity index (χ0) is 23.6. The van der Waals surface area contributed by atoms with E-state index >= 15 is 0 Å². The number of hydrogen-bond donors (Lipinski definition) is 1. The van der Waals surface area contributed by atoms with Gasteiger partial charge in [-0.1, -0.05) is 12.1 Å². The second-order valence-corrected chi connectivity index (χ2v) is 8.31. The monoisotopic (exact) mass is 463 g/mol. The maximum atomic E-state index is 13.3. The Bertz CT molecular complexity index is 998. The van der Waals surface area contributed by atoms with Gasteiger partial charge < -0.3 is 24.6 Å². The van der Waals surface area contributed by atoms with Crippen LogP contribution in [0.3, 0.4) is 0 Å². The molecule has 0 aromatic heterocycles. The Labute approximate surface area is 191 Å². The third kappa shape index (κ3) is 4.73. The van der Waals surface area contributed by atoms with E-state index in [1.807, 2.05) is 24.3 Å². The topological polar surface area (TPSA) is 54.0 Å². The van der Waals surface area contributed by atoms with Crippen molar-refractivity contribution in [1.82, 2.24) is 5.32 Å². The van der Waals surface area contributed by atoms with Crippen molar-refractivity contribution >= 4 is 17.3 Å². The molecule has 4 rings (SSSR count). The first-order valence-corrected chi connectivity index (χ1v) is 10.9. The van der Waals surface area contributed by atoms with Crippen LogP contribution in [0.5, 0.6) is 5.75 Å². The number of hydrogen-bond acceptors (Lipinski definition) is 5. The van der Waals surface area contributed by atoms with Crippen LogP contribution in [0.1, 0.15) is 11.1 Å². The number of rotatable bonds is 6. The largest absolute Gasteiger partial charge is 0.495 e. The van der Waals surface area contributed by atoms with Crippen molar-refractivity contribution in [2.75, 3.05) is 56.8 Å². The minimum absolute atomic E-state index is 0.174. The van der Waals surface area contributed by atoms with Crippen molar-refractivity contribution in [3.8, 4) is 5.75 Å². The van der Waals surface area contributed by atoms with Gasteiger partial charge in [0, 0.05) is 39.0 Å². The van der Waals surface area contributed by atoms with Gasteiger partial charge in [-0.25, -0.2) is 0 Å². The van der Waals surface area contributed by atoms with Crippen LogP contribution in [0.4, 0.5) is 24.5 Å². The fraction of sp³-hybridized carbons (Fsp3) is 0.458. The van der Waals surface area contributed by atoms with E-state index in [2.05, 4.69) is 15.1 Å². The number of anilines is 2. The number of benzene rings is 2. The standard InChI is InChI=1S/C24H28F3N3O3/c1-32-12-9-28-23(31)18-14-16-13-17(24(25,26)27)7-8-19(16)30-11-10-29(15-21(18)30)20-5-3-4-6-22(20)33-2/h3-8,13,18,21H,9-12,14-15H2,1-2H3,(H,28,31)/t18-,21-/m1/s1. The summed E-state index contributed by atoms with van der Waals surface area (Å²) >= 11 is 0. The summed E-state index contributed by atoms with van der Waals surface area (Å²) in [6, 6.07) is 11.4. The highest BCUT2D eigenvalue weighted by atomic mass is 19.4. The first-order valence-electron chi connectivity index (χ1n) is 10.9. The van der Waals surface area contributed by atoms with Gasteiger partial charge in [-0.05, 0) is 42.3 Å². The van der Waals surface area contributed by atoms with Crippen molar-refractivity contribution in [3.05, 3.63) is 53.6 Å². The molecule has 0 saturated carbocycles. The summed E-state index contributed by atoms with van der Waals surface area (Å²) in [6.45, 7) is 2.53. The maximum Gasteiger partial charge on any atom is 0.416 e. The van der Waals surface area contributed by atoms with Gasteiger partial charge in [0.2, 0.25) is 5.91 Å². The fourth-order valence-corrected chi connectivity index (χ4v) is 4.82. The summed E-state index contributed by atoms with van der Waals surface area (Å²) in [7, 11) is 3.17. The quantitative estimate of drug-likeness (QED) is 0.666. The van der Waals surface area contributed by atoms with Crippen LogP contribution in [0, 0.1) is 5.92 Å². The summed E-state index contributed by atoms with van der Waals surface area (Å²) in [5, 5.41) is 2.88. The summed E-state index contributed by atoms with van der Waals surface area (Å²) in [5.74, 6) is 0.0837. The number of fused-ring (bicyclic) bond motifs is 3. The number of nitrogens with zero attached hydrogens (tertiary/aromatic N) is 2. The molecule has 2 atom stereocenters. The third-order valence-electron chi connectivity index (χ3n) is 6.41. The molecule has 1 amide bonds. The van der Waals surface area contributed by atoms with Gasteiger partial charge in [0.05, 0.1) is 36.9 Å². The number of ether oxygens (including phenoxy) is 2. The first kappa shape index (κ1) is 23.2. The van der Waals surface area contributed by atoms with Crippen LogP contribution in [0.15, 0.2) is 42.5 Å². The van der Waals surface area contributed by atoms with Crippen molar-refractivity contribution in [1.29, 1.82) is 0 Å². The molecule has 2 aliphatic heterocycles. The van der Waals surface area contributed by atoms with Crippen molar-refractivity contribution < 1.29 is 27.4 Å². The summed E-state index contributed by atoms with van der Waals surface area (Å²) in [5.41, 5.74) is 1.58. The lowest BCUT2D eigenvalue weighted by molar-refractivity contribution is -0.137. The van der Waals surface area contributed by atoms with E-state index in [1.165, 1.54) is 6.07 Å².